The molecule has 162 valence electrons. The van der Waals surface area contributed by atoms with Crippen molar-refractivity contribution in [1.29, 1.82) is 0 Å². The van der Waals surface area contributed by atoms with E-state index in [1.165, 1.54) is 11.1 Å². The van der Waals surface area contributed by atoms with E-state index in [1.807, 2.05) is 12.1 Å². The first-order valence-electron chi connectivity index (χ1n) is 10.5. The smallest absolute Gasteiger partial charge is 0.269 e. The van der Waals surface area contributed by atoms with Crippen LogP contribution in [0.4, 0.5) is 0 Å². The number of benzene rings is 2. The van der Waals surface area contributed by atoms with Crippen LogP contribution in [0.2, 0.25) is 0 Å². The van der Waals surface area contributed by atoms with Gasteiger partial charge in [0.2, 0.25) is 0 Å². The Morgan fingerprint density at radius 2 is 1.97 bits per heavy atom. The van der Waals surface area contributed by atoms with Crippen LogP contribution in [0.1, 0.15) is 28.0 Å². The van der Waals surface area contributed by atoms with E-state index in [9.17, 15) is 4.79 Å². The van der Waals surface area contributed by atoms with Gasteiger partial charge in [0.25, 0.3) is 5.91 Å². The van der Waals surface area contributed by atoms with Gasteiger partial charge in [-0.1, -0.05) is 24.3 Å². The molecule has 0 atom stereocenters. The second kappa shape index (κ2) is 9.66. The fourth-order valence-corrected chi connectivity index (χ4v) is 3.93. The summed E-state index contributed by atoms with van der Waals surface area (Å²) in [5.74, 6) is 1.18. The molecule has 2 heterocycles. The average molecular weight is 421 g/mol. The molecule has 31 heavy (non-hydrogen) atoms. The zero-order valence-corrected chi connectivity index (χ0v) is 18.0. The average Bonchev–Trinajstić information content (AvgIpc) is 3.31. The van der Waals surface area contributed by atoms with Gasteiger partial charge in [0.1, 0.15) is 17.2 Å². The summed E-state index contributed by atoms with van der Waals surface area (Å²) < 4.78 is 10.7. The fourth-order valence-electron chi connectivity index (χ4n) is 3.93. The van der Waals surface area contributed by atoms with E-state index in [0.29, 0.717) is 29.4 Å². The van der Waals surface area contributed by atoms with Gasteiger partial charge in [-0.2, -0.15) is 5.10 Å². The van der Waals surface area contributed by atoms with E-state index >= 15 is 0 Å². The maximum Gasteiger partial charge on any atom is 0.269 e. The molecular weight excluding hydrogens is 392 g/mol. The van der Waals surface area contributed by atoms with Gasteiger partial charge in [0.15, 0.2) is 0 Å². The highest BCUT2D eigenvalue weighted by molar-refractivity contribution is 5.93. The third-order valence-electron chi connectivity index (χ3n) is 5.65. The molecule has 0 bridgehead atoms. The molecule has 2 aromatic carbocycles. The number of nitrogens with zero attached hydrogens (tertiary/aromatic N) is 2. The standard InChI is InChI=1S/C24H28N4O3/c1-30-19-8-9-20(23(14-19)31-2)21-15-22(27-26-21)24(29)25-11-5-12-28-13-10-17-6-3-4-7-18(17)16-28/h3-4,6-9,14-15H,5,10-13,16H2,1-2H3,(H,25,29)(H,26,27). The molecule has 0 spiro atoms. The molecule has 1 aliphatic rings. The number of rotatable bonds is 8. The first-order valence-corrected chi connectivity index (χ1v) is 10.5. The minimum absolute atomic E-state index is 0.157. The molecule has 0 saturated carbocycles. The number of ether oxygens (including phenoxy) is 2. The molecule has 7 nitrogen and oxygen atoms in total. The number of hydrogen-bond donors (Lipinski definition) is 2. The largest absolute Gasteiger partial charge is 0.497 e. The number of nitrogens with one attached hydrogen (secondary N) is 2. The van der Waals surface area contributed by atoms with Crippen molar-refractivity contribution < 1.29 is 14.3 Å². The predicted octanol–water partition coefficient (Wildman–Crippen LogP) is 3.27. The maximum atomic E-state index is 12.5. The molecule has 1 aliphatic heterocycles. The summed E-state index contributed by atoms with van der Waals surface area (Å²) in [4.78, 5) is 15.0. The lowest BCUT2D eigenvalue weighted by Gasteiger charge is -2.28. The Morgan fingerprint density at radius 3 is 2.77 bits per heavy atom. The number of carbonyl (C=O) groups is 1. The van der Waals surface area contributed by atoms with Gasteiger partial charge < -0.3 is 14.8 Å². The number of carbonyl (C=O) groups excluding carboxylic acids is 1. The molecule has 1 aromatic heterocycles. The lowest BCUT2D eigenvalue weighted by atomic mass is 10.00. The van der Waals surface area contributed by atoms with Gasteiger partial charge in [-0.3, -0.25) is 14.8 Å². The van der Waals surface area contributed by atoms with Crippen LogP contribution in [0.25, 0.3) is 11.3 Å². The number of hydrogen-bond acceptors (Lipinski definition) is 5. The zero-order valence-electron chi connectivity index (χ0n) is 18.0. The second-order valence-corrected chi connectivity index (χ2v) is 7.64. The Hall–Kier alpha value is -3.32. The van der Waals surface area contributed by atoms with E-state index in [2.05, 4.69) is 44.7 Å². The van der Waals surface area contributed by atoms with E-state index in [0.717, 1.165) is 38.0 Å². The quantitative estimate of drug-likeness (QED) is 0.547. The van der Waals surface area contributed by atoms with Crippen LogP contribution in [0.3, 0.4) is 0 Å². The zero-order chi connectivity index (χ0) is 21.6. The fraction of sp³-hybridized carbons (Fsp3) is 0.333. The molecule has 1 amide bonds. The van der Waals surface area contributed by atoms with Gasteiger partial charge in [-0.15, -0.1) is 0 Å². The molecule has 0 aliphatic carbocycles. The normalized spacial score (nSPS) is 13.5. The lowest BCUT2D eigenvalue weighted by molar-refractivity contribution is 0.0946. The summed E-state index contributed by atoms with van der Waals surface area (Å²) in [5, 5.41) is 10.1. The molecule has 0 radical (unpaired) electrons. The van der Waals surface area contributed by atoms with Gasteiger partial charge in [0.05, 0.1) is 19.9 Å². The van der Waals surface area contributed by atoms with E-state index in [-0.39, 0.29) is 5.91 Å². The summed E-state index contributed by atoms with van der Waals surface area (Å²) in [6, 6.07) is 15.9. The van der Waals surface area contributed by atoms with E-state index < -0.39 is 0 Å². The molecule has 0 saturated heterocycles. The topological polar surface area (TPSA) is 79.5 Å². The predicted molar refractivity (Wildman–Crippen MR) is 120 cm³/mol. The molecule has 7 heteroatoms. The monoisotopic (exact) mass is 420 g/mol. The Balaban J connectivity index is 1.28. The second-order valence-electron chi connectivity index (χ2n) is 7.64. The van der Waals surface area contributed by atoms with Crippen molar-refractivity contribution in [3.05, 3.63) is 65.4 Å². The van der Waals surface area contributed by atoms with Crippen LogP contribution in [0, 0.1) is 0 Å². The summed E-state index contributed by atoms with van der Waals surface area (Å²) >= 11 is 0. The highest BCUT2D eigenvalue weighted by Gasteiger charge is 2.16. The summed E-state index contributed by atoms with van der Waals surface area (Å²) in [6.07, 6.45) is 2.00. The van der Waals surface area contributed by atoms with Crippen molar-refractivity contribution in [3.63, 3.8) is 0 Å². The first-order chi connectivity index (χ1) is 15.2. The van der Waals surface area contributed by atoms with Crippen LogP contribution in [-0.4, -0.2) is 54.9 Å². The Kier molecular flexibility index (Phi) is 6.52. The molecule has 0 fully saturated rings. The van der Waals surface area contributed by atoms with E-state index in [4.69, 9.17) is 9.47 Å². The SMILES string of the molecule is COc1ccc(-c2cc(C(=O)NCCCN3CCc4ccccc4C3)[nH]n2)c(OC)c1. The molecule has 3 aromatic rings. The number of fused-ring (bicyclic) bond motifs is 1. The van der Waals surface area contributed by atoms with Gasteiger partial charge in [0, 0.05) is 37.8 Å². The van der Waals surface area contributed by atoms with Crippen molar-refractivity contribution in [2.24, 2.45) is 0 Å². The summed E-state index contributed by atoms with van der Waals surface area (Å²) in [7, 11) is 3.20. The Morgan fingerprint density at radius 1 is 1.13 bits per heavy atom. The molecule has 2 N–H and O–H groups in total. The lowest BCUT2D eigenvalue weighted by Crippen LogP contribution is -2.33. The highest BCUT2D eigenvalue weighted by atomic mass is 16.5. The minimum Gasteiger partial charge on any atom is -0.497 e. The Bertz CT molecular complexity index is 1050. The van der Waals surface area contributed by atoms with Gasteiger partial charge in [-0.05, 0) is 42.2 Å². The van der Waals surface area contributed by atoms with Gasteiger partial charge in [-0.25, -0.2) is 0 Å². The number of amides is 1. The van der Waals surface area contributed by atoms with Crippen LogP contribution < -0.4 is 14.8 Å². The number of H-pyrrole nitrogens is 1. The van der Waals surface area contributed by atoms with Crippen LogP contribution in [0.15, 0.2) is 48.5 Å². The van der Waals surface area contributed by atoms with Crippen LogP contribution in [0.5, 0.6) is 11.5 Å². The Labute approximate surface area is 182 Å². The third kappa shape index (κ3) is 4.88. The third-order valence-corrected chi connectivity index (χ3v) is 5.65. The maximum absolute atomic E-state index is 12.5. The minimum atomic E-state index is -0.157. The molecule has 4 rings (SSSR count). The number of aromatic nitrogens is 2. The van der Waals surface area contributed by atoms with Crippen molar-refractivity contribution in [1.82, 2.24) is 20.4 Å². The first kappa shape index (κ1) is 20.9. The van der Waals surface area contributed by atoms with Crippen LogP contribution in [-0.2, 0) is 13.0 Å². The summed E-state index contributed by atoms with van der Waals surface area (Å²) in [6.45, 7) is 3.64. The van der Waals surface area contributed by atoms with Gasteiger partial charge >= 0.3 is 0 Å². The van der Waals surface area contributed by atoms with E-state index in [1.54, 1.807) is 26.4 Å². The van der Waals surface area contributed by atoms with Crippen molar-refractivity contribution >= 4 is 5.91 Å². The molecule has 0 unspecified atom stereocenters. The molecular formula is C24H28N4O3. The van der Waals surface area contributed by atoms with Crippen LogP contribution >= 0.6 is 0 Å². The van der Waals surface area contributed by atoms with Crippen molar-refractivity contribution in [2.45, 2.75) is 19.4 Å². The van der Waals surface area contributed by atoms with Crippen molar-refractivity contribution in [2.75, 3.05) is 33.9 Å². The number of methoxy groups -OCH3 is 2. The van der Waals surface area contributed by atoms with Crippen molar-refractivity contribution in [3.8, 4) is 22.8 Å². The summed E-state index contributed by atoms with van der Waals surface area (Å²) in [5.41, 5.74) is 4.74. The number of aromatic amines is 1. The highest BCUT2D eigenvalue weighted by Crippen LogP contribution is 2.32.